The fourth-order valence-corrected chi connectivity index (χ4v) is 6.63. The third-order valence-corrected chi connectivity index (χ3v) is 10.1. The number of carbonyl (C=O) groups excluding carboxylic acids is 5. The summed E-state index contributed by atoms with van der Waals surface area (Å²) < 4.78 is 9.94. The zero-order chi connectivity index (χ0) is 43.2. The first-order chi connectivity index (χ1) is 28.4. The van der Waals surface area contributed by atoms with Gasteiger partial charge in [0, 0.05) is 24.7 Å². The average molecular weight is 821 g/mol. The maximum atomic E-state index is 13.8. The van der Waals surface area contributed by atoms with Gasteiger partial charge in [0.05, 0.1) is 32.7 Å². The van der Waals surface area contributed by atoms with Crippen molar-refractivity contribution in [3.63, 3.8) is 0 Å². The van der Waals surface area contributed by atoms with Crippen molar-refractivity contribution >= 4 is 58.3 Å². The Morgan fingerprint density at radius 3 is 1.83 bits per heavy atom. The first kappa shape index (κ1) is 47.8. The topological polar surface area (TPSA) is 247 Å². The van der Waals surface area contributed by atoms with E-state index in [1.165, 1.54) is 14.2 Å². The van der Waals surface area contributed by atoms with Crippen molar-refractivity contribution in [2.75, 3.05) is 37.6 Å². The average Bonchev–Trinajstić information content (AvgIpc) is 3.23. The Balaban J connectivity index is 1.72. The molecule has 0 aliphatic carbocycles. The molecule has 0 spiro atoms. The smallest absolute Gasteiger partial charge is 0.328 e. The highest BCUT2D eigenvalue weighted by Gasteiger charge is 2.29. The zero-order valence-electron chi connectivity index (χ0n) is 35.4. The summed E-state index contributed by atoms with van der Waals surface area (Å²) in [6.07, 6.45) is 14.1. The fourth-order valence-electron chi connectivity index (χ4n) is 6.63. The molecule has 2 heterocycles. The van der Waals surface area contributed by atoms with E-state index in [0.717, 1.165) is 76.3 Å². The van der Waals surface area contributed by atoms with Gasteiger partial charge < -0.3 is 41.8 Å². The molecular weight excluding hydrogens is 757 g/mol. The number of rotatable bonds is 27. The van der Waals surface area contributed by atoms with Gasteiger partial charge in [-0.2, -0.15) is 9.97 Å². The van der Waals surface area contributed by atoms with E-state index in [0.29, 0.717) is 37.0 Å². The van der Waals surface area contributed by atoms with Crippen LogP contribution in [0.3, 0.4) is 0 Å². The molecule has 0 saturated carbocycles. The Morgan fingerprint density at radius 2 is 1.25 bits per heavy atom. The molecule has 0 unspecified atom stereocenters. The number of aromatic nitrogens is 4. The van der Waals surface area contributed by atoms with Crippen LogP contribution in [0.15, 0.2) is 30.5 Å². The molecule has 7 N–H and O–H groups in total. The Kier molecular flexibility index (Phi) is 20.8. The number of methoxy groups -OCH3 is 2. The van der Waals surface area contributed by atoms with E-state index in [4.69, 9.17) is 20.9 Å². The molecule has 0 fully saturated rings. The molecule has 17 heteroatoms. The van der Waals surface area contributed by atoms with Gasteiger partial charge in [0.15, 0.2) is 17.0 Å². The lowest BCUT2D eigenvalue weighted by atomic mass is 10.0. The molecule has 2 aromatic heterocycles. The third kappa shape index (κ3) is 16.3. The molecule has 3 aromatic rings. The summed E-state index contributed by atoms with van der Waals surface area (Å²) >= 11 is 0. The van der Waals surface area contributed by atoms with Crippen LogP contribution >= 0.6 is 0 Å². The molecule has 0 aliphatic rings. The monoisotopic (exact) mass is 820 g/mol. The lowest BCUT2D eigenvalue weighted by Gasteiger charge is -2.23. The maximum absolute atomic E-state index is 13.8. The number of hydrogen-bond donors (Lipinski definition) is 5. The van der Waals surface area contributed by atoms with E-state index >= 15 is 0 Å². The first-order valence-electron chi connectivity index (χ1n) is 20.8. The van der Waals surface area contributed by atoms with Crippen molar-refractivity contribution in [1.82, 2.24) is 35.9 Å². The van der Waals surface area contributed by atoms with Crippen LogP contribution in [-0.2, 0) is 35.2 Å². The minimum atomic E-state index is -1.19. The summed E-state index contributed by atoms with van der Waals surface area (Å²) in [4.78, 5) is 84.7. The molecule has 1 aromatic carbocycles. The van der Waals surface area contributed by atoms with E-state index in [2.05, 4.69) is 49.7 Å². The lowest BCUT2D eigenvalue weighted by Crippen LogP contribution is -2.52. The van der Waals surface area contributed by atoms with Gasteiger partial charge in [0.2, 0.25) is 17.8 Å². The molecule has 3 amide bonds. The van der Waals surface area contributed by atoms with E-state index in [9.17, 15) is 24.0 Å². The SMILES string of the molecule is CCCCCCCC[C@H](NC(=O)CC[C@H](NC(=O)c1ccc(N(C)Cc2cnc3nc(N)nc(N)c3n2)cc1)C(=O)N[C@@H](CCCCCCCC)C(=O)OC)C(=O)OC. The number of carbonyl (C=O) groups is 5. The van der Waals surface area contributed by atoms with Crippen LogP contribution in [0.4, 0.5) is 17.5 Å². The summed E-state index contributed by atoms with van der Waals surface area (Å²) in [7, 11) is 4.37. The number of ether oxygens (including phenoxy) is 2. The summed E-state index contributed by atoms with van der Waals surface area (Å²) in [5.41, 5.74) is 13.9. The highest BCUT2D eigenvalue weighted by Crippen LogP contribution is 2.19. The van der Waals surface area contributed by atoms with Crippen LogP contribution in [0.5, 0.6) is 0 Å². The molecule has 3 atom stereocenters. The number of nitrogen functional groups attached to an aromatic ring is 2. The number of fused-ring (bicyclic) bond motifs is 1. The molecule has 17 nitrogen and oxygen atoms in total. The van der Waals surface area contributed by atoms with Gasteiger partial charge in [-0.3, -0.25) is 14.4 Å². The molecule has 0 bridgehead atoms. The second-order valence-corrected chi connectivity index (χ2v) is 14.8. The normalized spacial score (nSPS) is 12.6. The van der Waals surface area contributed by atoms with Gasteiger partial charge in [0.25, 0.3) is 5.91 Å². The quantitative estimate of drug-likeness (QED) is 0.0507. The van der Waals surface area contributed by atoms with Crippen LogP contribution in [0, 0.1) is 0 Å². The number of nitrogens with one attached hydrogen (secondary N) is 3. The van der Waals surface area contributed by atoms with Gasteiger partial charge in [-0.15, -0.1) is 0 Å². The van der Waals surface area contributed by atoms with Crippen LogP contribution in [0.2, 0.25) is 0 Å². The van der Waals surface area contributed by atoms with Crippen molar-refractivity contribution in [2.45, 2.75) is 141 Å². The number of esters is 2. The number of amides is 3. The van der Waals surface area contributed by atoms with Crippen LogP contribution < -0.4 is 32.3 Å². The van der Waals surface area contributed by atoms with Gasteiger partial charge in [0.1, 0.15) is 18.1 Å². The second-order valence-electron chi connectivity index (χ2n) is 14.8. The van der Waals surface area contributed by atoms with Crippen molar-refractivity contribution < 1.29 is 33.4 Å². The zero-order valence-corrected chi connectivity index (χ0v) is 35.4. The molecule has 324 valence electrons. The number of hydrogen-bond acceptors (Lipinski definition) is 14. The fraction of sp³-hybridized carbons (Fsp3) is 0.595. The molecule has 0 aliphatic heterocycles. The van der Waals surface area contributed by atoms with E-state index in [1.54, 1.807) is 30.5 Å². The van der Waals surface area contributed by atoms with Crippen molar-refractivity contribution in [2.24, 2.45) is 0 Å². The molecule has 0 radical (unpaired) electrons. The van der Waals surface area contributed by atoms with E-state index in [1.807, 2.05) is 11.9 Å². The van der Waals surface area contributed by atoms with Gasteiger partial charge in [-0.25, -0.2) is 19.6 Å². The first-order valence-corrected chi connectivity index (χ1v) is 20.8. The van der Waals surface area contributed by atoms with Gasteiger partial charge in [-0.1, -0.05) is 90.9 Å². The highest BCUT2D eigenvalue weighted by molar-refractivity contribution is 5.98. The van der Waals surface area contributed by atoms with Crippen molar-refractivity contribution in [1.29, 1.82) is 0 Å². The predicted molar refractivity (Wildman–Crippen MR) is 227 cm³/mol. The van der Waals surface area contributed by atoms with E-state index in [-0.39, 0.29) is 35.8 Å². The Labute approximate surface area is 347 Å². The highest BCUT2D eigenvalue weighted by atomic mass is 16.5. The van der Waals surface area contributed by atoms with Crippen molar-refractivity contribution in [3.8, 4) is 0 Å². The molecule has 3 rings (SSSR count). The standard InChI is InChI=1S/C42H64N10O7/c1-6-8-10-12-14-16-18-32(40(56)58-4)47-34(53)25-24-31(39(55)49-33(41(57)59-5)19-17-15-13-11-9-7-2)48-38(54)28-20-22-30(23-21-28)52(3)27-29-26-45-37-35(46-29)36(43)50-42(44)51-37/h20-23,26,31-33H,6-19,24-25,27H2,1-5H3,(H,47,53)(H,48,54)(H,49,55)(H4,43,44,45,50,51)/t31-,32-,33-/m0/s1. The maximum Gasteiger partial charge on any atom is 0.328 e. The van der Waals surface area contributed by atoms with Gasteiger partial charge in [-0.05, 0) is 43.5 Å². The number of unbranched alkanes of at least 4 members (excludes halogenated alkanes) is 10. The summed E-state index contributed by atoms with van der Waals surface area (Å²) in [6.45, 7) is 4.63. The Morgan fingerprint density at radius 1 is 0.695 bits per heavy atom. The summed E-state index contributed by atoms with van der Waals surface area (Å²) in [5.74, 6) is -2.68. The Hall–Kier alpha value is -5.61. The second kappa shape index (κ2) is 25.7. The molecular formula is C42H64N10O7. The number of anilines is 3. The minimum Gasteiger partial charge on any atom is -0.467 e. The number of nitrogens with zero attached hydrogens (tertiary/aromatic N) is 5. The number of nitrogens with two attached hydrogens (primary N) is 2. The lowest BCUT2D eigenvalue weighted by molar-refractivity contribution is -0.145. The largest absolute Gasteiger partial charge is 0.467 e. The van der Waals surface area contributed by atoms with Gasteiger partial charge >= 0.3 is 11.9 Å². The third-order valence-electron chi connectivity index (χ3n) is 10.1. The summed E-state index contributed by atoms with van der Waals surface area (Å²) in [5, 5.41) is 8.27. The predicted octanol–water partition coefficient (Wildman–Crippen LogP) is 4.92. The Bertz CT molecular complexity index is 1810. The van der Waals surface area contributed by atoms with Crippen LogP contribution in [-0.4, -0.2) is 89.0 Å². The minimum absolute atomic E-state index is 0.00694. The van der Waals surface area contributed by atoms with Crippen LogP contribution in [0.25, 0.3) is 11.2 Å². The van der Waals surface area contributed by atoms with E-state index < -0.39 is 47.8 Å². The molecule has 0 saturated heterocycles. The summed E-state index contributed by atoms with van der Waals surface area (Å²) in [6, 6.07) is 3.75. The van der Waals surface area contributed by atoms with Crippen LogP contribution in [0.1, 0.15) is 133 Å². The van der Waals surface area contributed by atoms with Crippen molar-refractivity contribution in [3.05, 3.63) is 41.7 Å². The molecule has 59 heavy (non-hydrogen) atoms. The number of benzene rings is 1.